The van der Waals surface area contributed by atoms with Crippen LogP contribution in [0.15, 0.2) is 42.7 Å². The number of benzene rings is 1. The van der Waals surface area contributed by atoms with E-state index < -0.39 is 0 Å². The molecular formula is C21H26N2O2. The minimum absolute atomic E-state index is 0.0970. The van der Waals surface area contributed by atoms with Gasteiger partial charge in [-0.15, -0.1) is 0 Å². The zero-order valence-corrected chi connectivity index (χ0v) is 15.0. The third-order valence-electron chi connectivity index (χ3n) is 4.91. The Hall–Kier alpha value is -2.20. The van der Waals surface area contributed by atoms with Crippen LogP contribution < -0.4 is 5.32 Å². The molecule has 0 saturated carbocycles. The molecule has 0 radical (unpaired) electrons. The molecule has 2 unspecified atom stereocenters. The van der Waals surface area contributed by atoms with Crippen LogP contribution in [0.5, 0.6) is 0 Å². The van der Waals surface area contributed by atoms with Crippen molar-refractivity contribution < 1.29 is 9.53 Å². The summed E-state index contributed by atoms with van der Waals surface area (Å²) in [7, 11) is 0. The van der Waals surface area contributed by atoms with E-state index >= 15 is 0 Å². The van der Waals surface area contributed by atoms with E-state index in [1.165, 1.54) is 22.3 Å². The predicted octanol–water partition coefficient (Wildman–Crippen LogP) is 3.00. The van der Waals surface area contributed by atoms with Gasteiger partial charge in [0, 0.05) is 24.7 Å². The molecule has 0 spiro atoms. The van der Waals surface area contributed by atoms with E-state index in [-0.39, 0.29) is 11.9 Å². The zero-order chi connectivity index (χ0) is 17.6. The van der Waals surface area contributed by atoms with Gasteiger partial charge in [0.1, 0.15) is 0 Å². The van der Waals surface area contributed by atoms with Crippen LogP contribution in [-0.4, -0.2) is 30.1 Å². The average Bonchev–Trinajstić information content (AvgIpc) is 3.02. The second-order valence-corrected chi connectivity index (χ2v) is 6.96. The Labute approximate surface area is 149 Å². The number of ether oxygens (including phenoxy) is 1. The highest BCUT2D eigenvalue weighted by Gasteiger charge is 2.29. The van der Waals surface area contributed by atoms with Crippen LogP contribution in [0, 0.1) is 19.8 Å². The third kappa shape index (κ3) is 4.89. The summed E-state index contributed by atoms with van der Waals surface area (Å²) < 4.78 is 5.61. The summed E-state index contributed by atoms with van der Waals surface area (Å²) in [5.41, 5.74) is 5.00. The Morgan fingerprint density at radius 2 is 2.00 bits per heavy atom. The first-order valence-electron chi connectivity index (χ1n) is 8.94. The number of amides is 1. The number of carbonyl (C=O) groups is 1. The SMILES string of the molecule is Cc1ccc(CCC(=O)NC2COCC2Cc2ccncc2)c(C)c1. The van der Waals surface area contributed by atoms with Crippen LogP contribution in [0.3, 0.4) is 0 Å². The van der Waals surface area contributed by atoms with E-state index in [0.29, 0.717) is 25.6 Å². The molecule has 0 aliphatic carbocycles. The van der Waals surface area contributed by atoms with Crippen molar-refractivity contribution in [1.29, 1.82) is 0 Å². The highest BCUT2D eigenvalue weighted by molar-refractivity contribution is 5.76. The number of pyridine rings is 1. The summed E-state index contributed by atoms with van der Waals surface area (Å²) in [4.78, 5) is 16.4. The molecule has 2 aromatic rings. The van der Waals surface area contributed by atoms with Gasteiger partial charge >= 0.3 is 0 Å². The van der Waals surface area contributed by atoms with E-state index in [1.807, 2.05) is 24.5 Å². The smallest absolute Gasteiger partial charge is 0.220 e. The van der Waals surface area contributed by atoms with Crippen molar-refractivity contribution in [3.63, 3.8) is 0 Å². The van der Waals surface area contributed by atoms with Crippen LogP contribution in [0.25, 0.3) is 0 Å². The first-order chi connectivity index (χ1) is 12.1. The Morgan fingerprint density at radius 3 is 2.76 bits per heavy atom. The van der Waals surface area contributed by atoms with Gasteiger partial charge < -0.3 is 10.1 Å². The summed E-state index contributed by atoms with van der Waals surface area (Å²) in [5, 5.41) is 3.17. The van der Waals surface area contributed by atoms with E-state index in [2.05, 4.69) is 42.3 Å². The molecule has 4 heteroatoms. The van der Waals surface area contributed by atoms with Crippen molar-refractivity contribution in [2.45, 2.75) is 39.2 Å². The molecule has 1 saturated heterocycles. The van der Waals surface area contributed by atoms with Crippen molar-refractivity contribution in [1.82, 2.24) is 10.3 Å². The van der Waals surface area contributed by atoms with Gasteiger partial charge in [-0.05, 0) is 55.5 Å². The predicted molar refractivity (Wildman–Crippen MR) is 98.4 cm³/mol. The number of carbonyl (C=O) groups excluding carboxylic acids is 1. The van der Waals surface area contributed by atoms with Crippen LogP contribution in [0.1, 0.15) is 28.7 Å². The number of nitrogens with zero attached hydrogens (tertiary/aromatic N) is 1. The first kappa shape index (κ1) is 17.6. The number of hydrogen-bond acceptors (Lipinski definition) is 3. The van der Waals surface area contributed by atoms with Crippen molar-refractivity contribution >= 4 is 5.91 Å². The molecule has 1 aliphatic heterocycles. The molecule has 1 N–H and O–H groups in total. The minimum Gasteiger partial charge on any atom is -0.379 e. The molecule has 2 heterocycles. The standard InChI is InChI=1S/C21H26N2O2/c1-15-3-4-18(16(2)11-15)5-6-21(24)23-20-14-25-13-19(20)12-17-7-9-22-10-8-17/h3-4,7-11,19-20H,5-6,12-14H2,1-2H3,(H,23,24). The van der Waals surface area contributed by atoms with E-state index in [1.54, 1.807) is 0 Å². The van der Waals surface area contributed by atoms with Gasteiger partial charge in [-0.1, -0.05) is 23.8 Å². The second-order valence-electron chi connectivity index (χ2n) is 6.96. The normalized spacial score (nSPS) is 19.8. The zero-order valence-electron chi connectivity index (χ0n) is 15.0. The summed E-state index contributed by atoms with van der Waals surface area (Å²) in [5.74, 6) is 0.433. The summed E-state index contributed by atoms with van der Waals surface area (Å²) >= 11 is 0. The van der Waals surface area contributed by atoms with Crippen LogP contribution >= 0.6 is 0 Å². The lowest BCUT2D eigenvalue weighted by Gasteiger charge is -2.19. The monoisotopic (exact) mass is 338 g/mol. The maximum atomic E-state index is 12.4. The molecule has 0 bridgehead atoms. The van der Waals surface area contributed by atoms with Gasteiger partial charge in [-0.2, -0.15) is 0 Å². The van der Waals surface area contributed by atoms with Gasteiger partial charge in [0.15, 0.2) is 0 Å². The fraction of sp³-hybridized carbons (Fsp3) is 0.429. The number of nitrogens with one attached hydrogen (secondary N) is 1. The topological polar surface area (TPSA) is 51.2 Å². The van der Waals surface area contributed by atoms with Crippen LogP contribution in [-0.2, 0) is 22.4 Å². The summed E-state index contributed by atoms with van der Waals surface area (Å²) in [6, 6.07) is 10.6. The molecule has 132 valence electrons. The first-order valence-corrected chi connectivity index (χ1v) is 8.94. The highest BCUT2D eigenvalue weighted by atomic mass is 16.5. The number of hydrogen-bond donors (Lipinski definition) is 1. The lowest BCUT2D eigenvalue weighted by atomic mass is 9.95. The third-order valence-corrected chi connectivity index (χ3v) is 4.91. The maximum Gasteiger partial charge on any atom is 0.220 e. The minimum atomic E-state index is 0.0970. The van der Waals surface area contributed by atoms with E-state index in [4.69, 9.17) is 4.74 Å². The van der Waals surface area contributed by atoms with E-state index in [9.17, 15) is 4.79 Å². The Balaban J connectivity index is 1.51. The Bertz CT molecular complexity index is 715. The van der Waals surface area contributed by atoms with Crippen molar-refractivity contribution in [2.75, 3.05) is 13.2 Å². The molecule has 3 rings (SSSR count). The number of aryl methyl sites for hydroxylation is 3. The highest BCUT2D eigenvalue weighted by Crippen LogP contribution is 2.19. The van der Waals surface area contributed by atoms with Gasteiger partial charge in [0.25, 0.3) is 0 Å². The molecule has 1 aromatic heterocycles. The Kier molecular flexibility index (Phi) is 5.82. The average molecular weight is 338 g/mol. The molecule has 1 amide bonds. The lowest BCUT2D eigenvalue weighted by molar-refractivity contribution is -0.122. The fourth-order valence-corrected chi connectivity index (χ4v) is 3.43. The molecule has 1 aromatic carbocycles. The summed E-state index contributed by atoms with van der Waals surface area (Å²) in [6.45, 7) is 5.50. The second kappa shape index (κ2) is 8.26. The van der Waals surface area contributed by atoms with Gasteiger partial charge in [0.2, 0.25) is 5.91 Å². The molecule has 4 nitrogen and oxygen atoms in total. The molecule has 1 aliphatic rings. The molecule has 2 atom stereocenters. The number of rotatable bonds is 6. The van der Waals surface area contributed by atoms with Crippen molar-refractivity contribution in [2.24, 2.45) is 5.92 Å². The molecule has 25 heavy (non-hydrogen) atoms. The van der Waals surface area contributed by atoms with Crippen molar-refractivity contribution in [3.8, 4) is 0 Å². The van der Waals surface area contributed by atoms with Crippen LogP contribution in [0.4, 0.5) is 0 Å². The fourth-order valence-electron chi connectivity index (χ4n) is 3.43. The largest absolute Gasteiger partial charge is 0.379 e. The van der Waals surface area contributed by atoms with Crippen molar-refractivity contribution in [3.05, 3.63) is 65.0 Å². The van der Waals surface area contributed by atoms with Crippen LogP contribution in [0.2, 0.25) is 0 Å². The molecular weight excluding hydrogens is 312 g/mol. The molecule has 1 fully saturated rings. The quantitative estimate of drug-likeness (QED) is 0.881. The number of aromatic nitrogens is 1. The van der Waals surface area contributed by atoms with E-state index in [0.717, 1.165) is 12.8 Å². The Morgan fingerprint density at radius 1 is 1.20 bits per heavy atom. The van der Waals surface area contributed by atoms with Gasteiger partial charge in [-0.3, -0.25) is 9.78 Å². The maximum absolute atomic E-state index is 12.4. The summed E-state index contributed by atoms with van der Waals surface area (Å²) in [6.07, 6.45) is 5.82. The van der Waals surface area contributed by atoms with Gasteiger partial charge in [-0.25, -0.2) is 0 Å². The van der Waals surface area contributed by atoms with Gasteiger partial charge in [0.05, 0.1) is 19.3 Å². The lowest BCUT2D eigenvalue weighted by Crippen LogP contribution is -2.40.